The van der Waals surface area contributed by atoms with E-state index in [4.69, 9.17) is 0 Å². The normalized spacial score (nSPS) is 21.2. The molecule has 0 atom stereocenters. The molecule has 2 N–H and O–H groups in total. The van der Waals surface area contributed by atoms with Gasteiger partial charge in [-0.15, -0.1) is 0 Å². The Bertz CT molecular complexity index is 774. The number of hydrogen-bond donors (Lipinski definition) is 2. The lowest BCUT2D eigenvalue weighted by molar-refractivity contribution is 0.374. The van der Waals surface area contributed by atoms with Gasteiger partial charge in [0.2, 0.25) is 0 Å². The van der Waals surface area contributed by atoms with Crippen molar-refractivity contribution in [3.05, 3.63) is 58.7 Å². The fraction of sp³-hybridized carbons (Fsp3) is 0.235. The summed E-state index contributed by atoms with van der Waals surface area (Å²) in [7, 11) is 0. The quantitative estimate of drug-likeness (QED) is 0.725. The van der Waals surface area contributed by atoms with E-state index in [1.54, 1.807) is 0 Å². The van der Waals surface area contributed by atoms with Crippen molar-refractivity contribution in [2.24, 2.45) is 0 Å². The predicted molar refractivity (Wildman–Crippen MR) is 89.6 cm³/mol. The van der Waals surface area contributed by atoms with Gasteiger partial charge in [-0.3, -0.25) is 5.10 Å². The minimum atomic E-state index is 0.544. The summed E-state index contributed by atoms with van der Waals surface area (Å²) in [5.74, 6) is 0.668. The van der Waals surface area contributed by atoms with E-state index in [0.717, 1.165) is 16.6 Å². The molecule has 0 radical (unpaired) electrons. The first-order chi connectivity index (χ1) is 10.3. The van der Waals surface area contributed by atoms with E-state index in [1.165, 1.54) is 22.9 Å². The molecular weight excluding hydrogens is 326 g/mol. The first kappa shape index (κ1) is 12.9. The number of halogens is 1. The molecule has 1 aliphatic carbocycles. The summed E-state index contributed by atoms with van der Waals surface area (Å²) in [4.78, 5) is 0. The highest BCUT2D eigenvalue weighted by molar-refractivity contribution is 9.10. The molecule has 1 aromatic heterocycles. The third kappa shape index (κ3) is 2.44. The molecule has 2 aromatic carbocycles. The van der Waals surface area contributed by atoms with Crippen LogP contribution in [0.15, 0.2) is 53.1 Å². The number of hydrogen-bond acceptors (Lipinski definition) is 2. The Hall–Kier alpha value is -1.81. The Morgan fingerprint density at radius 3 is 2.86 bits per heavy atom. The molecule has 3 nitrogen and oxygen atoms in total. The van der Waals surface area contributed by atoms with Crippen LogP contribution in [0.4, 0.5) is 5.69 Å². The van der Waals surface area contributed by atoms with E-state index in [0.29, 0.717) is 12.0 Å². The number of anilines is 1. The van der Waals surface area contributed by atoms with Gasteiger partial charge in [0.05, 0.1) is 17.4 Å². The smallest absolute Gasteiger partial charge is 0.0881 e. The first-order valence-electron chi connectivity index (χ1n) is 7.24. The molecule has 1 heterocycles. The third-order valence-corrected chi connectivity index (χ3v) is 4.79. The molecule has 1 aliphatic rings. The Morgan fingerprint density at radius 1 is 1.14 bits per heavy atom. The van der Waals surface area contributed by atoms with Crippen molar-refractivity contribution in [1.82, 2.24) is 10.2 Å². The zero-order chi connectivity index (χ0) is 14.2. The van der Waals surface area contributed by atoms with E-state index in [9.17, 15) is 0 Å². The molecule has 4 rings (SSSR count). The molecule has 0 amide bonds. The number of H-pyrrole nitrogens is 1. The largest absolute Gasteiger partial charge is 0.381 e. The molecule has 4 heteroatoms. The second-order valence-electron chi connectivity index (χ2n) is 5.70. The SMILES string of the molecule is Brc1cccc(C2CC(Nc3cccc4cn[nH]c34)C2)c1. The molecule has 1 saturated carbocycles. The summed E-state index contributed by atoms with van der Waals surface area (Å²) in [5, 5.41) is 12.0. The van der Waals surface area contributed by atoms with Gasteiger partial charge in [-0.05, 0) is 42.5 Å². The lowest BCUT2D eigenvalue weighted by atomic mass is 9.76. The van der Waals surface area contributed by atoms with E-state index < -0.39 is 0 Å². The van der Waals surface area contributed by atoms with Crippen LogP contribution < -0.4 is 5.32 Å². The third-order valence-electron chi connectivity index (χ3n) is 4.29. The van der Waals surface area contributed by atoms with Crippen molar-refractivity contribution in [3.8, 4) is 0 Å². The fourth-order valence-electron chi connectivity index (χ4n) is 3.08. The zero-order valence-corrected chi connectivity index (χ0v) is 13.1. The van der Waals surface area contributed by atoms with E-state index in [2.05, 4.69) is 73.9 Å². The fourth-order valence-corrected chi connectivity index (χ4v) is 3.49. The topological polar surface area (TPSA) is 40.7 Å². The van der Waals surface area contributed by atoms with Gasteiger partial charge in [0.1, 0.15) is 0 Å². The van der Waals surface area contributed by atoms with Crippen LogP contribution in [0, 0.1) is 0 Å². The van der Waals surface area contributed by atoms with Gasteiger partial charge in [-0.25, -0.2) is 0 Å². The standard InChI is InChI=1S/C17H16BrN3/c18-14-5-1-3-11(7-14)13-8-15(9-13)20-16-6-2-4-12-10-19-21-17(12)16/h1-7,10,13,15,20H,8-9H2,(H,19,21). The maximum absolute atomic E-state index is 4.12. The Morgan fingerprint density at radius 2 is 2.00 bits per heavy atom. The van der Waals surface area contributed by atoms with E-state index in [1.807, 2.05) is 6.20 Å². The average Bonchev–Trinajstić information content (AvgIpc) is 2.91. The summed E-state index contributed by atoms with van der Waals surface area (Å²) in [5.41, 5.74) is 3.69. The summed E-state index contributed by atoms with van der Waals surface area (Å²) in [6, 6.07) is 15.5. The van der Waals surface area contributed by atoms with Crippen molar-refractivity contribution in [3.63, 3.8) is 0 Å². The minimum absolute atomic E-state index is 0.544. The van der Waals surface area contributed by atoms with E-state index in [-0.39, 0.29) is 0 Å². The highest BCUT2D eigenvalue weighted by Gasteiger charge is 2.30. The van der Waals surface area contributed by atoms with Crippen LogP contribution in [0.2, 0.25) is 0 Å². The second-order valence-corrected chi connectivity index (χ2v) is 6.62. The maximum Gasteiger partial charge on any atom is 0.0881 e. The average molecular weight is 342 g/mol. The van der Waals surface area contributed by atoms with Crippen LogP contribution in [-0.4, -0.2) is 16.2 Å². The van der Waals surface area contributed by atoms with Crippen LogP contribution in [0.1, 0.15) is 24.3 Å². The molecule has 1 fully saturated rings. The van der Waals surface area contributed by atoms with E-state index >= 15 is 0 Å². The summed E-state index contributed by atoms with van der Waals surface area (Å²) >= 11 is 3.55. The van der Waals surface area contributed by atoms with Crippen molar-refractivity contribution in [2.45, 2.75) is 24.8 Å². The highest BCUT2D eigenvalue weighted by Crippen LogP contribution is 2.39. The second kappa shape index (κ2) is 5.19. The van der Waals surface area contributed by atoms with Gasteiger partial charge in [-0.2, -0.15) is 5.10 Å². The van der Waals surface area contributed by atoms with Gasteiger partial charge in [0.25, 0.3) is 0 Å². The zero-order valence-electron chi connectivity index (χ0n) is 11.5. The summed E-state index contributed by atoms with van der Waals surface area (Å²) in [6.45, 7) is 0. The Kier molecular flexibility index (Phi) is 3.19. The van der Waals surface area contributed by atoms with Crippen molar-refractivity contribution < 1.29 is 0 Å². The number of benzene rings is 2. The van der Waals surface area contributed by atoms with Crippen LogP contribution in [0.3, 0.4) is 0 Å². The summed E-state index contributed by atoms with van der Waals surface area (Å²) < 4.78 is 1.17. The van der Waals surface area contributed by atoms with Gasteiger partial charge < -0.3 is 5.32 Å². The van der Waals surface area contributed by atoms with Gasteiger partial charge in [0, 0.05) is 15.9 Å². The Labute approximate surface area is 131 Å². The first-order valence-corrected chi connectivity index (χ1v) is 8.03. The van der Waals surface area contributed by atoms with Crippen LogP contribution >= 0.6 is 15.9 Å². The number of nitrogens with zero attached hydrogens (tertiary/aromatic N) is 1. The molecule has 0 unspecified atom stereocenters. The number of para-hydroxylation sites is 1. The molecule has 0 spiro atoms. The maximum atomic E-state index is 4.12. The number of nitrogens with one attached hydrogen (secondary N) is 2. The van der Waals surface area contributed by atoms with Crippen molar-refractivity contribution >= 4 is 32.5 Å². The number of aromatic amines is 1. The molecule has 0 saturated heterocycles. The molecule has 3 aromatic rings. The van der Waals surface area contributed by atoms with Crippen molar-refractivity contribution in [1.29, 1.82) is 0 Å². The number of fused-ring (bicyclic) bond motifs is 1. The predicted octanol–water partition coefficient (Wildman–Crippen LogP) is 4.68. The van der Waals surface area contributed by atoms with Gasteiger partial charge >= 0.3 is 0 Å². The minimum Gasteiger partial charge on any atom is -0.381 e. The lowest BCUT2D eigenvalue weighted by Crippen LogP contribution is -2.34. The van der Waals surface area contributed by atoms with Gasteiger partial charge in [-0.1, -0.05) is 40.2 Å². The molecule has 0 bridgehead atoms. The molecular formula is C17H16BrN3. The van der Waals surface area contributed by atoms with Gasteiger partial charge in [0.15, 0.2) is 0 Å². The lowest BCUT2D eigenvalue weighted by Gasteiger charge is -2.37. The highest BCUT2D eigenvalue weighted by atomic mass is 79.9. The monoisotopic (exact) mass is 341 g/mol. The summed E-state index contributed by atoms with van der Waals surface area (Å²) in [6.07, 6.45) is 4.23. The number of rotatable bonds is 3. The van der Waals surface area contributed by atoms with Crippen LogP contribution in [0.5, 0.6) is 0 Å². The van der Waals surface area contributed by atoms with Crippen molar-refractivity contribution in [2.75, 3.05) is 5.32 Å². The molecule has 0 aliphatic heterocycles. The number of aromatic nitrogens is 2. The van der Waals surface area contributed by atoms with Crippen LogP contribution in [0.25, 0.3) is 10.9 Å². The van der Waals surface area contributed by atoms with Crippen LogP contribution in [-0.2, 0) is 0 Å². The molecule has 21 heavy (non-hydrogen) atoms. The Balaban J connectivity index is 1.46. The molecule has 106 valence electrons.